The van der Waals surface area contributed by atoms with Gasteiger partial charge in [-0.25, -0.2) is 9.18 Å². The Kier molecular flexibility index (Phi) is 3.28. The number of carboxylic acids is 1. The first kappa shape index (κ1) is 12.7. The standard InChI is InChI=1S/C12H10FN3O3/c1-16-6-9(10(15-16)12(18)19)11(17)14-8-4-2-3-7(13)5-8/h2-6H,1H3,(H,14,17)(H,18,19). The lowest BCUT2D eigenvalue weighted by atomic mass is 10.2. The number of nitrogens with one attached hydrogen (secondary N) is 1. The van der Waals surface area contributed by atoms with E-state index in [2.05, 4.69) is 10.4 Å². The zero-order chi connectivity index (χ0) is 14.0. The Labute approximate surface area is 107 Å². The summed E-state index contributed by atoms with van der Waals surface area (Å²) in [6.07, 6.45) is 1.29. The molecule has 6 nitrogen and oxygen atoms in total. The van der Waals surface area contributed by atoms with Crippen molar-refractivity contribution >= 4 is 17.6 Å². The molecular weight excluding hydrogens is 253 g/mol. The highest BCUT2D eigenvalue weighted by molar-refractivity contribution is 6.09. The normalized spacial score (nSPS) is 10.2. The van der Waals surface area contributed by atoms with Gasteiger partial charge < -0.3 is 10.4 Å². The van der Waals surface area contributed by atoms with E-state index in [4.69, 9.17) is 5.11 Å². The second-order valence-electron chi connectivity index (χ2n) is 3.83. The summed E-state index contributed by atoms with van der Waals surface area (Å²) in [5.41, 5.74) is -0.194. The van der Waals surface area contributed by atoms with Crippen LogP contribution in [0.25, 0.3) is 0 Å². The molecule has 0 aliphatic heterocycles. The van der Waals surface area contributed by atoms with Crippen molar-refractivity contribution in [3.8, 4) is 0 Å². The molecule has 2 aromatic rings. The predicted molar refractivity (Wildman–Crippen MR) is 64.5 cm³/mol. The highest BCUT2D eigenvalue weighted by Crippen LogP contribution is 2.13. The number of anilines is 1. The lowest BCUT2D eigenvalue weighted by Gasteiger charge is -2.03. The van der Waals surface area contributed by atoms with Crippen LogP contribution >= 0.6 is 0 Å². The SMILES string of the molecule is Cn1cc(C(=O)Nc2cccc(F)c2)c(C(=O)O)n1. The van der Waals surface area contributed by atoms with Gasteiger partial charge in [-0.15, -0.1) is 0 Å². The van der Waals surface area contributed by atoms with Gasteiger partial charge >= 0.3 is 5.97 Å². The van der Waals surface area contributed by atoms with Crippen molar-refractivity contribution in [1.82, 2.24) is 9.78 Å². The van der Waals surface area contributed by atoms with Crippen molar-refractivity contribution in [3.63, 3.8) is 0 Å². The lowest BCUT2D eigenvalue weighted by Crippen LogP contribution is -2.15. The quantitative estimate of drug-likeness (QED) is 0.879. The fourth-order valence-electron chi connectivity index (χ4n) is 1.58. The summed E-state index contributed by atoms with van der Waals surface area (Å²) in [7, 11) is 1.51. The fourth-order valence-corrected chi connectivity index (χ4v) is 1.58. The second kappa shape index (κ2) is 4.89. The summed E-state index contributed by atoms with van der Waals surface area (Å²) in [5.74, 6) is -2.46. The van der Waals surface area contributed by atoms with Crippen molar-refractivity contribution in [1.29, 1.82) is 0 Å². The summed E-state index contributed by atoms with van der Waals surface area (Å²) in [5, 5.41) is 15.0. The van der Waals surface area contributed by atoms with Crippen LogP contribution in [0, 0.1) is 5.82 Å². The van der Waals surface area contributed by atoms with Gasteiger partial charge in [-0.1, -0.05) is 6.07 Å². The number of aromatic nitrogens is 2. The van der Waals surface area contributed by atoms with Crippen molar-refractivity contribution < 1.29 is 19.1 Å². The highest BCUT2D eigenvalue weighted by atomic mass is 19.1. The molecule has 98 valence electrons. The number of hydrogen-bond donors (Lipinski definition) is 2. The number of hydrogen-bond acceptors (Lipinski definition) is 3. The van der Waals surface area contributed by atoms with Gasteiger partial charge in [0.15, 0.2) is 5.69 Å². The van der Waals surface area contributed by atoms with E-state index >= 15 is 0 Å². The molecule has 0 bridgehead atoms. The maximum atomic E-state index is 13.0. The molecule has 1 amide bonds. The number of halogens is 1. The van der Waals surface area contributed by atoms with Crippen molar-refractivity contribution in [3.05, 3.63) is 47.5 Å². The fraction of sp³-hybridized carbons (Fsp3) is 0.0833. The van der Waals surface area contributed by atoms with E-state index < -0.39 is 17.7 Å². The van der Waals surface area contributed by atoms with Crippen LogP contribution in [0.2, 0.25) is 0 Å². The maximum Gasteiger partial charge on any atom is 0.357 e. The Bertz CT molecular complexity index is 651. The van der Waals surface area contributed by atoms with Crippen molar-refractivity contribution in [2.45, 2.75) is 0 Å². The summed E-state index contributed by atoms with van der Waals surface area (Å²) in [6.45, 7) is 0. The van der Waals surface area contributed by atoms with Gasteiger partial charge in [0, 0.05) is 18.9 Å². The third kappa shape index (κ3) is 2.76. The molecule has 19 heavy (non-hydrogen) atoms. The molecule has 0 unspecified atom stereocenters. The first-order valence-electron chi connectivity index (χ1n) is 5.31. The number of rotatable bonds is 3. The third-order valence-corrected chi connectivity index (χ3v) is 2.36. The molecule has 0 aliphatic carbocycles. The van der Waals surface area contributed by atoms with Gasteiger partial charge in [0.2, 0.25) is 0 Å². The molecule has 0 aliphatic rings. The van der Waals surface area contributed by atoms with Crippen LogP contribution in [0.1, 0.15) is 20.8 Å². The summed E-state index contributed by atoms with van der Waals surface area (Å²) in [6, 6.07) is 5.31. The predicted octanol–water partition coefficient (Wildman–Crippen LogP) is 1.51. The third-order valence-electron chi connectivity index (χ3n) is 2.36. The molecule has 2 rings (SSSR count). The molecule has 0 fully saturated rings. The first-order chi connectivity index (χ1) is 8.97. The first-order valence-corrected chi connectivity index (χ1v) is 5.31. The lowest BCUT2D eigenvalue weighted by molar-refractivity contribution is 0.0685. The minimum atomic E-state index is -1.30. The van der Waals surface area contributed by atoms with E-state index in [1.54, 1.807) is 0 Å². The topological polar surface area (TPSA) is 84.2 Å². The van der Waals surface area contributed by atoms with E-state index in [1.165, 1.54) is 36.1 Å². The summed E-state index contributed by atoms with van der Waals surface area (Å²) < 4.78 is 14.2. The van der Waals surface area contributed by atoms with Crippen LogP contribution in [0.5, 0.6) is 0 Å². The number of benzene rings is 1. The number of carbonyl (C=O) groups excluding carboxylic acids is 1. The van der Waals surface area contributed by atoms with E-state index in [9.17, 15) is 14.0 Å². The minimum absolute atomic E-state index is 0.0840. The van der Waals surface area contributed by atoms with Crippen LogP contribution < -0.4 is 5.32 Å². The van der Waals surface area contributed by atoms with E-state index in [0.29, 0.717) is 0 Å². The smallest absolute Gasteiger partial charge is 0.357 e. The van der Waals surface area contributed by atoms with Gasteiger partial charge in [-0.05, 0) is 18.2 Å². The van der Waals surface area contributed by atoms with E-state index in [0.717, 1.165) is 6.07 Å². The van der Waals surface area contributed by atoms with Gasteiger partial charge in [-0.3, -0.25) is 9.48 Å². The Morgan fingerprint density at radius 3 is 2.79 bits per heavy atom. The molecule has 0 saturated heterocycles. The highest BCUT2D eigenvalue weighted by Gasteiger charge is 2.20. The average Bonchev–Trinajstić information content (AvgIpc) is 2.71. The average molecular weight is 263 g/mol. The maximum absolute atomic E-state index is 13.0. The van der Waals surface area contributed by atoms with Crippen molar-refractivity contribution in [2.75, 3.05) is 5.32 Å². The minimum Gasteiger partial charge on any atom is -0.476 e. The van der Waals surface area contributed by atoms with Gasteiger partial charge in [0.1, 0.15) is 5.82 Å². The molecule has 1 aromatic carbocycles. The van der Waals surface area contributed by atoms with Crippen molar-refractivity contribution in [2.24, 2.45) is 7.05 Å². The largest absolute Gasteiger partial charge is 0.476 e. The Balaban J connectivity index is 2.28. The zero-order valence-electron chi connectivity index (χ0n) is 9.92. The van der Waals surface area contributed by atoms with E-state index in [-0.39, 0.29) is 16.9 Å². The Hall–Kier alpha value is -2.70. The number of nitrogens with zero attached hydrogens (tertiary/aromatic N) is 2. The second-order valence-corrected chi connectivity index (χ2v) is 3.83. The Morgan fingerprint density at radius 1 is 1.42 bits per heavy atom. The number of carboxylic acid groups (broad SMARTS) is 1. The van der Waals surface area contributed by atoms with Crippen LogP contribution in [-0.2, 0) is 7.05 Å². The molecule has 2 N–H and O–H groups in total. The van der Waals surface area contributed by atoms with E-state index in [1.807, 2.05) is 0 Å². The van der Waals surface area contributed by atoms with Crippen LogP contribution in [0.15, 0.2) is 30.5 Å². The molecular formula is C12H10FN3O3. The van der Waals surface area contributed by atoms with Gasteiger partial charge in [0.05, 0.1) is 5.56 Å². The number of aromatic carboxylic acids is 1. The van der Waals surface area contributed by atoms with Gasteiger partial charge in [0.25, 0.3) is 5.91 Å². The monoisotopic (exact) mass is 263 g/mol. The van der Waals surface area contributed by atoms with Crippen LogP contribution in [0.3, 0.4) is 0 Å². The number of carbonyl (C=O) groups is 2. The molecule has 1 aromatic heterocycles. The molecule has 1 heterocycles. The summed E-state index contributed by atoms with van der Waals surface area (Å²) >= 11 is 0. The molecule has 0 radical (unpaired) electrons. The van der Waals surface area contributed by atoms with Gasteiger partial charge in [-0.2, -0.15) is 5.10 Å². The summed E-state index contributed by atoms with van der Waals surface area (Å²) in [4.78, 5) is 22.8. The number of amides is 1. The Morgan fingerprint density at radius 2 is 2.16 bits per heavy atom. The molecule has 0 spiro atoms. The van der Waals surface area contributed by atoms with Crippen LogP contribution in [0.4, 0.5) is 10.1 Å². The van der Waals surface area contributed by atoms with Crippen LogP contribution in [-0.4, -0.2) is 26.8 Å². The molecule has 7 heteroatoms. The molecule has 0 saturated carbocycles. The molecule has 0 atom stereocenters. The number of aryl methyl sites for hydroxylation is 1. The zero-order valence-corrected chi connectivity index (χ0v) is 9.92.